The van der Waals surface area contributed by atoms with Crippen molar-refractivity contribution < 1.29 is 9.53 Å². The lowest BCUT2D eigenvalue weighted by Crippen LogP contribution is -2.19. The highest BCUT2D eigenvalue weighted by Gasteiger charge is 2.08. The maximum absolute atomic E-state index is 12.3. The first kappa shape index (κ1) is 18.7. The van der Waals surface area contributed by atoms with Crippen LogP contribution in [0.15, 0.2) is 84.2 Å². The van der Waals surface area contributed by atoms with Gasteiger partial charge in [0.2, 0.25) is 0 Å². The van der Waals surface area contributed by atoms with Gasteiger partial charge in [-0.1, -0.05) is 42.5 Å². The van der Waals surface area contributed by atoms with E-state index in [9.17, 15) is 4.79 Å². The molecule has 0 aliphatic carbocycles. The molecule has 0 fully saturated rings. The van der Waals surface area contributed by atoms with Crippen LogP contribution in [0.5, 0.6) is 5.75 Å². The molecule has 6 heteroatoms. The molecule has 4 rings (SSSR count). The number of anilines is 2. The zero-order valence-electron chi connectivity index (χ0n) is 15.8. The molecule has 1 heterocycles. The average molecular weight is 401 g/mol. The van der Waals surface area contributed by atoms with Crippen molar-refractivity contribution in [3.05, 3.63) is 84.2 Å². The van der Waals surface area contributed by atoms with Gasteiger partial charge in [-0.15, -0.1) is 11.3 Å². The molecule has 2 N–H and O–H groups in total. The summed E-state index contributed by atoms with van der Waals surface area (Å²) >= 11 is 1.60. The lowest BCUT2D eigenvalue weighted by Gasteiger charge is -2.09. The van der Waals surface area contributed by atoms with Gasteiger partial charge in [0.05, 0.1) is 12.8 Å². The number of amides is 2. The van der Waals surface area contributed by atoms with Crippen LogP contribution in [0.4, 0.5) is 16.2 Å². The van der Waals surface area contributed by atoms with Crippen molar-refractivity contribution in [2.45, 2.75) is 0 Å². The van der Waals surface area contributed by atoms with E-state index in [1.54, 1.807) is 42.7 Å². The SMILES string of the molecule is COc1ccc(NC(=O)Nc2cccc(-c3csc(-c4ccccc4)n3)c2)cc1. The maximum atomic E-state index is 12.3. The molecule has 5 nitrogen and oxygen atoms in total. The number of ether oxygens (including phenoxy) is 1. The highest BCUT2D eigenvalue weighted by Crippen LogP contribution is 2.29. The first-order chi connectivity index (χ1) is 14.2. The van der Waals surface area contributed by atoms with Gasteiger partial charge in [0.1, 0.15) is 10.8 Å². The summed E-state index contributed by atoms with van der Waals surface area (Å²) in [5.41, 5.74) is 4.31. The molecule has 3 aromatic carbocycles. The Morgan fingerprint density at radius 1 is 0.862 bits per heavy atom. The zero-order valence-corrected chi connectivity index (χ0v) is 16.6. The van der Waals surface area contributed by atoms with Crippen LogP contribution < -0.4 is 15.4 Å². The number of thiazole rings is 1. The van der Waals surface area contributed by atoms with Crippen LogP contribution in [0.25, 0.3) is 21.8 Å². The summed E-state index contributed by atoms with van der Waals surface area (Å²) in [6.45, 7) is 0. The summed E-state index contributed by atoms with van der Waals surface area (Å²) in [7, 11) is 1.60. The van der Waals surface area contributed by atoms with E-state index in [-0.39, 0.29) is 6.03 Å². The van der Waals surface area contributed by atoms with Gasteiger partial charge in [0.15, 0.2) is 0 Å². The van der Waals surface area contributed by atoms with Gasteiger partial charge in [-0.2, -0.15) is 0 Å². The van der Waals surface area contributed by atoms with Crippen LogP contribution in [0, 0.1) is 0 Å². The topological polar surface area (TPSA) is 63.2 Å². The normalized spacial score (nSPS) is 10.4. The van der Waals surface area contributed by atoms with Crippen molar-refractivity contribution >= 4 is 28.7 Å². The van der Waals surface area contributed by atoms with E-state index in [0.717, 1.165) is 27.6 Å². The highest BCUT2D eigenvalue weighted by molar-refractivity contribution is 7.13. The largest absolute Gasteiger partial charge is 0.497 e. The van der Waals surface area contributed by atoms with E-state index in [0.29, 0.717) is 11.4 Å². The summed E-state index contributed by atoms with van der Waals surface area (Å²) in [4.78, 5) is 17.0. The third kappa shape index (κ3) is 4.62. The summed E-state index contributed by atoms with van der Waals surface area (Å²) in [5, 5.41) is 8.66. The Balaban J connectivity index is 1.46. The third-order valence-electron chi connectivity index (χ3n) is 4.29. The number of urea groups is 1. The fourth-order valence-corrected chi connectivity index (χ4v) is 3.68. The van der Waals surface area contributed by atoms with E-state index in [1.807, 2.05) is 60.0 Å². The predicted molar refractivity (Wildman–Crippen MR) is 119 cm³/mol. The van der Waals surface area contributed by atoms with Crippen molar-refractivity contribution in [2.24, 2.45) is 0 Å². The number of nitrogens with one attached hydrogen (secondary N) is 2. The minimum Gasteiger partial charge on any atom is -0.497 e. The summed E-state index contributed by atoms with van der Waals surface area (Å²) in [6, 6.07) is 24.6. The number of carbonyl (C=O) groups excluding carboxylic acids is 1. The second kappa shape index (κ2) is 8.58. The van der Waals surface area contributed by atoms with Crippen LogP contribution in [0.1, 0.15) is 0 Å². The molecule has 1 aromatic heterocycles. The second-order valence-electron chi connectivity index (χ2n) is 6.29. The van der Waals surface area contributed by atoms with Gasteiger partial charge in [0, 0.05) is 27.9 Å². The van der Waals surface area contributed by atoms with Crippen molar-refractivity contribution in [3.63, 3.8) is 0 Å². The van der Waals surface area contributed by atoms with Gasteiger partial charge >= 0.3 is 6.03 Å². The van der Waals surface area contributed by atoms with E-state index in [2.05, 4.69) is 10.6 Å². The molecule has 0 aliphatic heterocycles. The van der Waals surface area contributed by atoms with Crippen LogP contribution in [-0.4, -0.2) is 18.1 Å². The number of aromatic nitrogens is 1. The Bertz CT molecular complexity index is 1110. The molecule has 0 atom stereocenters. The van der Waals surface area contributed by atoms with Crippen molar-refractivity contribution in [3.8, 4) is 27.6 Å². The van der Waals surface area contributed by atoms with E-state index in [1.165, 1.54) is 0 Å². The van der Waals surface area contributed by atoms with E-state index >= 15 is 0 Å². The van der Waals surface area contributed by atoms with Crippen molar-refractivity contribution in [1.29, 1.82) is 0 Å². The Morgan fingerprint density at radius 3 is 2.34 bits per heavy atom. The van der Waals surface area contributed by atoms with E-state index in [4.69, 9.17) is 9.72 Å². The number of nitrogens with zero attached hydrogens (tertiary/aromatic N) is 1. The molecule has 0 radical (unpaired) electrons. The standard InChI is InChI=1S/C23H19N3O2S/c1-28-20-12-10-18(11-13-20)24-23(27)25-19-9-5-8-17(14-19)21-15-29-22(26-21)16-6-3-2-4-7-16/h2-15H,1H3,(H2,24,25,27). The zero-order chi connectivity index (χ0) is 20.1. The Kier molecular flexibility index (Phi) is 5.54. The van der Waals surface area contributed by atoms with Crippen LogP contribution in [0.2, 0.25) is 0 Å². The maximum Gasteiger partial charge on any atom is 0.323 e. The van der Waals surface area contributed by atoms with Gasteiger partial charge in [0.25, 0.3) is 0 Å². The third-order valence-corrected chi connectivity index (χ3v) is 5.18. The van der Waals surface area contributed by atoms with Gasteiger partial charge in [-0.25, -0.2) is 9.78 Å². The number of benzene rings is 3. The molecule has 2 amide bonds. The van der Waals surface area contributed by atoms with Crippen LogP contribution in [0.3, 0.4) is 0 Å². The first-order valence-electron chi connectivity index (χ1n) is 9.05. The number of hydrogen-bond acceptors (Lipinski definition) is 4. The van der Waals surface area contributed by atoms with Crippen LogP contribution in [-0.2, 0) is 0 Å². The molecular weight excluding hydrogens is 382 g/mol. The number of hydrogen-bond donors (Lipinski definition) is 2. The molecule has 0 aliphatic rings. The smallest absolute Gasteiger partial charge is 0.323 e. The first-order valence-corrected chi connectivity index (χ1v) is 9.93. The lowest BCUT2D eigenvalue weighted by molar-refractivity contribution is 0.262. The number of methoxy groups -OCH3 is 1. The fraction of sp³-hybridized carbons (Fsp3) is 0.0435. The molecule has 0 unspecified atom stereocenters. The molecule has 144 valence electrons. The minimum atomic E-state index is -0.310. The molecule has 0 saturated heterocycles. The fourth-order valence-electron chi connectivity index (χ4n) is 2.84. The highest BCUT2D eigenvalue weighted by atomic mass is 32.1. The van der Waals surface area contributed by atoms with Gasteiger partial charge in [-0.3, -0.25) is 0 Å². The number of rotatable bonds is 5. The monoisotopic (exact) mass is 401 g/mol. The summed E-state index contributed by atoms with van der Waals surface area (Å²) in [5.74, 6) is 0.738. The molecule has 29 heavy (non-hydrogen) atoms. The second-order valence-corrected chi connectivity index (χ2v) is 7.15. The van der Waals surface area contributed by atoms with E-state index < -0.39 is 0 Å². The minimum absolute atomic E-state index is 0.310. The Hall–Kier alpha value is -3.64. The molecular formula is C23H19N3O2S. The van der Waals surface area contributed by atoms with Crippen LogP contribution >= 0.6 is 11.3 Å². The molecule has 0 saturated carbocycles. The molecule has 0 bridgehead atoms. The summed E-state index contributed by atoms with van der Waals surface area (Å²) < 4.78 is 5.12. The Morgan fingerprint density at radius 2 is 1.59 bits per heavy atom. The predicted octanol–water partition coefficient (Wildman–Crippen LogP) is 6.13. The summed E-state index contributed by atoms with van der Waals surface area (Å²) in [6.07, 6.45) is 0. The molecule has 0 spiro atoms. The van der Waals surface area contributed by atoms with Crippen molar-refractivity contribution in [2.75, 3.05) is 17.7 Å². The Labute approximate surface area is 173 Å². The number of carbonyl (C=O) groups is 1. The lowest BCUT2D eigenvalue weighted by atomic mass is 10.1. The molecule has 4 aromatic rings. The van der Waals surface area contributed by atoms with Gasteiger partial charge < -0.3 is 15.4 Å². The van der Waals surface area contributed by atoms with Gasteiger partial charge in [-0.05, 0) is 36.4 Å². The quantitative estimate of drug-likeness (QED) is 0.423. The van der Waals surface area contributed by atoms with Crippen molar-refractivity contribution in [1.82, 2.24) is 4.98 Å². The average Bonchev–Trinajstić information content (AvgIpc) is 3.25.